The second-order valence-electron chi connectivity index (χ2n) is 5.07. The molecule has 0 radical (unpaired) electrons. The van der Waals surface area contributed by atoms with Crippen molar-refractivity contribution in [3.05, 3.63) is 46.9 Å². The first-order chi connectivity index (χ1) is 10.2. The summed E-state index contributed by atoms with van der Waals surface area (Å²) < 4.78 is 16.7. The first kappa shape index (κ1) is 14.3. The third kappa shape index (κ3) is 3.34. The van der Waals surface area contributed by atoms with E-state index in [1.165, 1.54) is 0 Å². The van der Waals surface area contributed by atoms with E-state index in [1.54, 1.807) is 6.26 Å². The van der Waals surface area contributed by atoms with Crippen LogP contribution in [0.4, 0.5) is 0 Å². The number of furan rings is 1. The zero-order valence-electron chi connectivity index (χ0n) is 11.9. The molecule has 112 valence electrons. The fourth-order valence-electron chi connectivity index (χ4n) is 2.30. The second-order valence-corrected chi connectivity index (χ2v) is 5.48. The van der Waals surface area contributed by atoms with Crippen LogP contribution in [0.25, 0.3) is 0 Å². The van der Waals surface area contributed by atoms with E-state index < -0.39 is 0 Å². The van der Waals surface area contributed by atoms with Crippen molar-refractivity contribution < 1.29 is 13.9 Å². The summed E-state index contributed by atoms with van der Waals surface area (Å²) in [4.78, 5) is 0. The van der Waals surface area contributed by atoms with Gasteiger partial charge in [-0.1, -0.05) is 11.6 Å². The normalized spacial score (nSPS) is 15.5. The first-order valence-electron chi connectivity index (χ1n) is 7.09. The molecule has 2 heterocycles. The van der Waals surface area contributed by atoms with Crippen molar-refractivity contribution in [3.63, 3.8) is 0 Å². The van der Waals surface area contributed by atoms with E-state index in [0.29, 0.717) is 30.5 Å². The van der Waals surface area contributed by atoms with Gasteiger partial charge in [-0.25, -0.2) is 0 Å². The number of hydrogen-bond acceptors (Lipinski definition) is 4. The Balaban J connectivity index is 1.71. The molecule has 5 heteroatoms. The molecule has 1 aliphatic rings. The molecule has 3 rings (SSSR count). The van der Waals surface area contributed by atoms with Gasteiger partial charge in [-0.05, 0) is 36.8 Å². The maximum Gasteiger partial charge on any atom is 0.179 e. The lowest BCUT2D eigenvalue weighted by Crippen LogP contribution is -2.17. The van der Waals surface area contributed by atoms with Crippen molar-refractivity contribution in [1.29, 1.82) is 0 Å². The Morgan fingerprint density at radius 1 is 1.29 bits per heavy atom. The molecule has 1 aliphatic heterocycles. The molecule has 1 N–H and O–H groups in total. The highest BCUT2D eigenvalue weighted by atomic mass is 35.5. The van der Waals surface area contributed by atoms with Crippen molar-refractivity contribution in [2.75, 3.05) is 13.2 Å². The summed E-state index contributed by atoms with van der Waals surface area (Å²) in [7, 11) is 0. The molecule has 0 aliphatic carbocycles. The summed E-state index contributed by atoms with van der Waals surface area (Å²) in [6.45, 7) is 4.03. The van der Waals surface area contributed by atoms with Gasteiger partial charge in [-0.15, -0.1) is 0 Å². The minimum Gasteiger partial charge on any atom is -0.489 e. The number of fused-ring (bicyclic) bond motifs is 1. The van der Waals surface area contributed by atoms with Crippen LogP contribution in [0.15, 0.2) is 34.9 Å². The van der Waals surface area contributed by atoms with Crippen LogP contribution >= 0.6 is 11.6 Å². The van der Waals surface area contributed by atoms with Gasteiger partial charge in [0.1, 0.15) is 5.76 Å². The summed E-state index contributed by atoms with van der Waals surface area (Å²) in [5, 5.41) is 4.00. The van der Waals surface area contributed by atoms with Crippen molar-refractivity contribution in [1.82, 2.24) is 5.32 Å². The summed E-state index contributed by atoms with van der Waals surface area (Å²) >= 11 is 6.28. The van der Waals surface area contributed by atoms with Gasteiger partial charge in [-0.2, -0.15) is 0 Å². The Labute approximate surface area is 129 Å². The summed E-state index contributed by atoms with van der Waals surface area (Å²) in [6, 6.07) is 7.87. The number of nitrogens with one attached hydrogen (secondary N) is 1. The highest BCUT2D eigenvalue weighted by molar-refractivity contribution is 6.32. The van der Waals surface area contributed by atoms with E-state index in [9.17, 15) is 0 Å². The van der Waals surface area contributed by atoms with Crippen LogP contribution in [0.2, 0.25) is 5.02 Å². The van der Waals surface area contributed by atoms with Gasteiger partial charge in [0.15, 0.2) is 11.5 Å². The molecule has 0 amide bonds. The van der Waals surface area contributed by atoms with Crippen LogP contribution in [0, 0.1) is 0 Å². The zero-order chi connectivity index (χ0) is 14.7. The molecule has 0 saturated heterocycles. The molecule has 21 heavy (non-hydrogen) atoms. The topological polar surface area (TPSA) is 43.6 Å². The minimum atomic E-state index is 0.134. The molecule has 1 aromatic carbocycles. The van der Waals surface area contributed by atoms with Crippen LogP contribution in [-0.4, -0.2) is 13.2 Å². The van der Waals surface area contributed by atoms with Gasteiger partial charge in [0, 0.05) is 13.0 Å². The monoisotopic (exact) mass is 307 g/mol. The Morgan fingerprint density at radius 3 is 2.95 bits per heavy atom. The highest BCUT2D eigenvalue weighted by Gasteiger charge is 2.16. The van der Waals surface area contributed by atoms with Crippen molar-refractivity contribution in [2.24, 2.45) is 0 Å². The van der Waals surface area contributed by atoms with Gasteiger partial charge in [0.2, 0.25) is 0 Å². The van der Waals surface area contributed by atoms with Crippen molar-refractivity contribution in [2.45, 2.75) is 25.9 Å². The van der Waals surface area contributed by atoms with Crippen LogP contribution in [-0.2, 0) is 6.54 Å². The molecule has 0 fully saturated rings. The molecule has 1 unspecified atom stereocenters. The van der Waals surface area contributed by atoms with Crippen LogP contribution in [0.5, 0.6) is 11.5 Å². The predicted octanol–water partition coefficient (Wildman–Crippen LogP) is 3.95. The average Bonchev–Trinajstić information content (AvgIpc) is 2.91. The van der Waals surface area contributed by atoms with Crippen LogP contribution < -0.4 is 14.8 Å². The fraction of sp³-hybridized carbons (Fsp3) is 0.375. The predicted molar refractivity (Wildman–Crippen MR) is 81.0 cm³/mol. The van der Waals surface area contributed by atoms with Crippen molar-refractivity contribution in [3.8, 4) is 11.5 Å². The van der Waals surface area contributed by atoms with E-state index >= 15 is 0 Å². The van der Waals surface area contributed by atoms with Gasteiger partial charge in [0.25, 0.3) is 0 Å². The molecule has 4 nitrogen and oxygen atoms in total. The third-order valence-corrected chi connectivity index (χ3v) is 3.73. The maximum absolute atomic E-state index is 6.28. The van der Waals surface area contributed by atoms with Gasteiger partial charge >= 0.3 is 0 Å². The third-order valence-electron chi connectivity index (χ3n) is 3.44. The molecule has 0 spiro atoms. The molecule has 1 atom stereocenters. The van der Waals surface area contributed by atoms with E-state index in [1.807, 2.05) is 24.3 Å². The van der Waals surface area contributed by atoms with Gasteiger partial charge in [0.05, 0.1) is 30.5 Å². The highest BCUT2D eigenvalue weighted by Crippen LogP contribution is 2.38. The Kier molecular flexibility index (Phi) is 4.36. The lowest BCUT2D eigenvalue weighted by molar-refractivity contribution is 0.297. The fourth-order valence-corrected chi connectivity index (χ4v) is 2.58. The number of hydrogen-bond donors (Lipinski definition) is 1. The standard InChI is InChI=1S/C16H18ClNO3/c1-11(14-4-2-5-19-14)18-10-12-8-13(17)16-15(9-12)20-6-3-7-21-16/h2,4-5,8-9,11,18H,3,6-7,10H2,1H3. The number of rotatable bonds is 4. The zero-order valence-corrected chi connectivity index (χ0v) is 12.7. The molecule has 2 aromatic rings. The van der Waals surface area contributed by atoms with Gasteiger partial charge < -0.3 is 19.2 Å². The summed E-state index contributed by atoms with van der Waals surface area (Å²) in [5.41, 5.74) is 1.06. The molecule has 0 bridgehead atoms. The molecular formula is C16H18ClNO3. The lowest BCUT2D eigenvalue weighted by atomic mass is 10.1. The quantitative estimate of drug-likeness (QED) is 0.929. The van der Waals surface area contributed by atoms with E-state index in [-0.39, 0.29) is 6.04 Å². The summed E-state index contributed by atoms with van der Waals surface area (Å²) in [6.07, 6.45) is 2.55. The molecule has 1 aromatic heterocycles. The Morgan fingerprint density at radius 2 is 2.14 bits per heavy atom. The van der Waals surface area contributed by atoms with Crippen molar-refractivity contribution >= 4 is 11.6 Å². The van der Waals surface area contributed by atoms with Gasteiger partial charge in [-0.3, -0.25) is 0 Å². The van der Waals surface area contributed by atoms with E-state index in [0.717, 1.165) is 23.5 Å². The van der Waals surface area contributed by atoms with E-state index in [4.69, 9.17) is 25.5 Å². The largest absolute Gasteiger partial charge is 0.489 e. The Hall–Kier alpha value is -1.65. The summed E-state index contributed by atoms with van der Waals surface area (Å²) in [5.74, 6) is 2.29. The van der Waals surface area contributed by atoms with E-state index in [2.05, 4.69) is 12.2 Å². The second kappa shape index (κ2) is 6.41. The SMILES string of the molecule is CC(NCc1cc(Cl)c2c(c1)OCCCO2)c1ccco1. The number of ether oxygens (including phenoxy) is 2. The maximum atomic E-state index is 6.28. The van der Waals surface area contributed by atoms with Crippen LogP contribution in [0.3, 0.4) is 0 Å². The first-order valence-corrected chi connectivity index (χ1v) is 7.46. The number of benzene rings is 1. The number of halogens is 1. The average molecular weight is 308 g/mol. The lowest BCUT2D eigenvalue weighted by Gasteiger charge is -2.14. The smallest absolute Gasteiger partial charge is 0.179 e. The minimum absolute atomic E-state index is 0.134. The Bertz CT molecular complexity index is 598. The van der Waals surface area contributed by atoms with Crippen LogP contribution in [0.1, 0.15) is 30.7 Å². The molecule has 0 saturated carbocycles. The molecular weight excluding hydrogens is 290 g/mol.